The Balaban J connectivity index is 1.48. The van der Waals surface area contributed by atoms with Gasteiger partial charge in [0.15, 0.2) is 0 Å². The molecule has 1 aliphatic heterocycles. The summed E-state index contributed by atoms with van der Waals surface area (Å²) in [5, 5.41) is 24.3. The minimum Gasteiger partial charge on any atom is -0.507 e. The number of aromatic hydroxyl groups is 1. The molecule has 3 aliphatic rings. The van der Waals surface area contributed by atoms with Crippen molar-refractivity contribution in [1.82, 2.24) is 15.5 Å². The number of rotatable bonds is 10. The van der Waals surface area contributed by atoms with Gasteiger partial charge in [0.1, 0.15) is 17.6 Å². The number of benzene rings is 1. The Morgan fingerprint density at radius 3 is 2.57 bits per heavy atom. The van der Waals surface area contributed by atoms with E-state index >= 15 is 0 Å². The van der Waals surface area contributed by atoms with Crippen LogP contribution in [0.25, 0.3) is 0 Å². The predicted octanol–water partition coefficient (Wildman–Crippen LogP) is 3.79. The maximum absolute atomic E-state index is 14.1. The van der Waals surface area contributed by atoms with Gasteiger partial charge in [0.2, 0.25) is 11.8 Å². The molecule has 2 amide bonds. The maximum atomic E-state index is 14.1. The summed E-state index contributed by atoms with van der Waals surface area (Å²) in [6.07, 6.45) is 13.1. The van der Waals surface area contributed by atoms with Gasteiger partial charge in [0, 0.05) is 12.6 Å². The third-order valence-electron chi connectivity index (χ3n) is 8.70. The van der Waals surface area contributed by atoms with Crippen LogP contribution in [0.3, 0.4) is 0 Å². The molecule has 4 atom stereocenters. The monoisotopic (exact) mass is 511 g/mol. The highest BCUT2D eigenvalue weighted by Gasteiger charge is 2.48. The van der Waals surface area contributed by atoms with Gasteiger partial charge in [-0.15, -0.1) is 0 Å². The van der Waals surface area contributed by atoms with Gasteiger partial charge in [-0.3, -0.25) is 15.0 Å². The van der Waals surface area contributed by atoms with Crippen LogP contribution in [0.4, 0.5) is 0 Å². The number of phenols is 1. The molecule has 8 heteroatoms. The maximum Gasteiger partial charge on any atom is 0.243 e. The first-order valence-corrected chi connectivity index (χ1v) is 14.4. The SMILES string of the molecule is CCCN[C@H](CC1CCCCC1)C(=O)N1[C@H](C(=O)NCc2ccc(C(=N)N)c(O)c2)C[C@@H]2CCCC[C@@H]21. The molecule has 204 valence electrons. The van der Waals surface area contributed by atoms with Crippen molar-refractivity contribution in [2.24, 2.45) is 17.6 Å². The number of fused-ring (bicyclic) bond motifs is 1. The van der Waals surface area contributed by atoms with Crippen molar-refractivity contribution in [3.05, 3.63) is 29.3 Å². The van der Waals surface area contributed by atoms with Crippen LogP contribution in [0.5, 0.6) is 5.75 Å². The Kier molecular flexibility index (Phi) is 9.46. The van der Waals surface area contributed by atoms with Crippen LogP contribution >= 0.6 is 0 Å². The molecule has 2 saturated carbocycles. The van der Waals surface area contributed by atoms with Crippen molar-refractivity contribution >= 4 is 17.6 Å². The summed E-state index contributed by atoms with van der Waals surface area (Å²) in [5.74, 6) is 0.677. The fraction of sp³-hybridized carbons (Fsp3) is 0.690. The highest BCUT2D eigenvalue weighted by Crippen LogP contribution is 2.41. The Hall–Kier alpha value is -2.61. The summed E-state index contributed by atoms with van der Waals surface area (Å²) in [6, 6.07) is 4.34. The lowest BCUT2D eigenvalue weighted by molar-refractivity contribution is -0.143. The molecular formula is C29H45N5O3. The van der Waals surface area contributed by atoms with Crippen molar-refractivity contribution in [1.29, 1.82) is 5.41 Å². The number of hydrogen-bond acceptors (Lipinski definition) is 5. The molecule has 0 radical (unpaired) electrons. The predicted molar refractivity (Wildman–Crippen MR) is 145 cm³/mol. The largest absolute Gasteiger partial charge is 0.507 e. The summed E-state index contributed by atoms with van der Waals surface area (Å²) in [6.45, 7) is 3.18. The standard InChI is InChI=1S/C29H45N5O3/c1-2-14-32-23(15-19-8-4-3-5-9-19)29(37)34-24-11-7-6-10-21(24)17-25(34)28(36)33-18-20-12-13-22(27(30)31)26(35)16-20/h12-13,16,19,21,23-25,32,35H,2-11,14-15,17-18H2,1H3,(H3,30,31)(H,33,36)/t21-,23+,24-,25-/m0/s1. The van der Waals surface area contributed by atoms with E-state index in [1.54, 1.807) is 12.1 Å². The zero-order chi connectivity index (χ0) is 26.4. The van der Waals surface area contributed by atoms with Gasteiger partial charge in [0.05, 0.1) is 11.6 Å². The van der Waals surface area contributed by atoms with E-state index in [1.807, 2.05) is 4.90 Å². The van der Waals surface area contributed by atoms with E-state index in [1.165, 1.54) is 44.6 Å². The van der Waals surface area contributed by atoms with Crippen molar-refractivity contribution in [2.75, 3.05) is 6.54 Å². The Morgan fingerprint density at radius 2 is 1.86 bits per heavy atom. The minimum atomic E-state index is -0.456. The molecular weight excluding hydrogens is 466 g/mol. The lowest BCUT2D eigenvalue weighted by atomic mass is 9.83. The lowest BCUT2D eigenvalue weighted by Crippen LogP contribution is -2.56. The average Bonchev–Trinajstić information content (AvgIpc) is 3.29. The van der Waals surface area contributed by atoms with E-state index in [9.17, 15) is 14.7 Å². The quantitative estimate of drug-likeness (QED) is 0.241. The lowest BCUT2D eigenvalue weighted by Gasteiger charge is -2.37. The van der Waals surface area contributed by atoms with Gasteiger partial charge < -0.3 is 26.4 Å². The number of nitrogens with zero attached hydrogens (tertiary/aromatic N) is 1. The highest BCUT2D eigenvalue weighted by atomic mass is 16.3. The number of amides is 2. The van der Waals surface area contributed by atoms with E-state index in [0.29, 0.717) is 11.8 Å². The van der Waals surface area contributed by atoms with Gasteiger partial charge >= 0.3 is 0 Å². The molecule has 2 aliphatic carbocycles. The van der Waals surface area contributed by atoms with Crippen molar-refractivity contribution < 1.29 is 14.7 Å². The minimum absolute atomic E-state index is 0.0736. The van der Waals surface area contributed by atoms with Crippen LogP contribution in [0.15, 0.2) is 18.2 Å². The number of carbonyl (C=O) groups is 2. The molecule has 8 nitrogen and oxygen atoms in total. The second-order valence-corrected chi connectivity index (χ2v) is 11.3. The van der Waals surface area contributed by atoms with Crippen molar-refractivity contribution in [3.63, 3.8) is 0 Å². The molecule has 4 rings (SSSR count). The zero-order valence-corrected chi connectivity index (χ0v) is 22.3. The van der Waals surface area contributed by atoms with Crippen LogP contribution in [0.2, 0.25) is 0 Å². The average molecular weight is 512 g/mol. The van der Waals surface area contributed by atoms with E-state index in [0.717, 1.165) is 50.6 Å². The molecule has 37 heavy (non-hydrogen) atoms. The Morgan fingerprint density at radius 1 is 1.14 bits per heavy atom. The molecule has 1 aromatic carbocycles. The van der Waals surface area contributed by atoms with Crippen molar-refractivity contribution in [3.8, 4) is 5.75 Å². The normalized spacial score (nSPS) is 24.9. The number of phenolic OH excluding ortho intramolecular Hbond substituents is 1. The first-order valence-electron chi connectivity index (χ1n) is 14.4. The summed E-state index contributed by atoms with van der Waals surface area (Å²) in [7, 11) is 0. The molecule has 0 unspecified atom stereocenters. The first kappa shape index (κ1) is 27.4. The Bertz CT molecular complexity index is 961. The van der Waals surface area contributed by atoms with Gasteiger partial charge in [-0.2, -0.15) is 0 Å². The molecule has 1 saturated heterocycles. The summed E-state index contributed by atoms with van der Waals surface area (Å²) >= 11 is 0. The van der Waals surface area contributed by atoms with Crippen LogP contribution in [-0.2, 0) is 16.1 Å². The number of likely N-dealkylation sites (tertiary alicyclic amines) is 1. The molecule has 0 aromatic heterocycles. The fourth-order valence-electron chi connectivity index (χ4n) is 6.76. The molecule has 1 heterocycles. The van der Waals surface area contributed by atoms with Gasteiger partial charge in [-0.05, 0) is 68.2 Å². The number of hydrogen-bond donors (Lipinski definition) is 5. The smallest absolute Gasteiger partial charge is 0.243 e. The number of nitrogens with two attached hydrogens (primary N) is 1. The number of carbonyl (C=O) groups excluding carboxylic acids is 2. The van der Waals surface area contributed by atoms with Gasteiger partial charge in [0.25, 0.3) is 0 Å². The number of nitrogen functional groups attached to an aromatic ring is 1. The molecule has 6 N–H and O–H groups in total. The van der Waals surface area contributed by atoms with E-state index in [4.69, 9.17) is 11.1 Å². The molecule has 0 spiro atoms. The van der Waals surface area contributed by atoms with Crippen LogP contribution in [-0.4, -0.2) is 52.3 Å². The Labute approximate surface area is 221 Å². The fourth-order valence-corrected chi connectivity index (χ4v) is 6.76. The topological polar surface area (TPSA) is 132 Å². The third-order valence-corrected chi connectivity index (χ3v) is 8.70. The van der Waals surface area contributed by atoms with E-state index < -0.39 is 6.04 Å². The molecule has 3 fully saturated rings. The van der Waals surface area contributed by atoms with Crippen LogP contribution < -0.4 is 16.4 Å². The van der Waals surface area contributed by atoms with Crippen LogP contribution in [0.1, 0.15) is 95.1 Å². The van der Waals surface area contributed by atoms with Crippen LogP contribution in [0, 0.1) is 17.2 Å². The summed E-state index contributed by atoms with van der Waals surface area (Å²) < 4.78 is 0. The number of amidine groups is 1. The van der Waals surface area contributed by atoms with E-state index in [2.05, 4.69) is 17.6 Å². The summed E-state index contributed by atoms with van der Waals surface area (Å²) in [5.41, 5.74) is 6.49. The zero-order valence-electron chi connectivity index (χ0n) is 22.3. The number of nitrogens with one attached hydrogen (secondary N) is 3. The summed E-state index contributed by atoms with van der Waals surface area (Å²) in [4.78, 5) is 29.6. The van der Waals surface area contributed by atoms with E-state index in [-0.39, 0.29) is 47.6 Å². The van der Waals surface area contributed by atoms with Crippen molar-refractivity contribution in [2.45, 2.75) is 109 Å². The van der Waals surface area contributed by atoms with Gasteiger partial charge in [-0.1, -0.05) is 57.9 Å². The third kappa shape index (κ3) is 6.64. The molecule has 1 aromatic rings. The van der Waals surface area contributed by atoms with Gasteiger partial charge in [-0.25, -0.2) is 0 Å². The second kappa shape index (κ2) is 12.8. The second-order valence-electron chi connectivity index (χ2n) is 11.3. The highest BCUT2D eigenvalue weighted by molar-refractivity contribution is 5.97. The molecule has 0 bridgehead atoms. The first-order chi connectivity index (χ1) is 17.9.